The lowest BCUT2D eigenvalue weighted by Gasteiger charge is -2.24. The molecule has 22 heavy (non-hydrogen) atoms. The predicted molar refractivity (Wildman–Crippen MR) is 87.4 cm³/mol. The molecule has 126 valence electrons. The van der Waals surface area contributed by atoms with Crippen LogP contribution >= 0.6 is 0 Å². The van der Waals surface area contributed by atoms with Crippen LogP contribution in [0.3, 0.4) is 0 Å². The summed E-state index contributed by atoms with van der Waals surface area (Å²) >= 11 is 0. The predicted octanol–water partition coefficient (Wildman–Crippen LogP) is 1.53. The van der Waals surface area contributed by atoms with Gasteiger partial charge in [-0.2, -0.15) is 0 Å². The Hall–Kier alpha value is -1.10. The molecule has 2 saturated heterocycles. The van der Waals surface area contributed by atoms with Crippen molar-refractivity contribution in [3.05, 3.63) is 0 Å². The first-order valence-corrected chi connectivity index (χ1v) is 8.89. The molecule has 0 aromatic rings. The number of piperidine rings is 1. The van der Waals surface area contributed by atoms with Crippen molar-refractivity contribution in [3.8, 4) is 0 Å². The topological polar surface area (TPSA) is 61.4 Å². The zero-order chi connectivity index (χ0) is 15.9. The van der Waals surface area contributed by atoms with Crippen molar-refractivity contribution in [1.29, 1.82) is 0 Å². The number of carbonyl (C=O) groups excluding carboxylic acids is 2. The van der Waals surface area contributed by atoms with Crippen LogP contribution in [-0.2, 0) is 9.59 Å². The summed E-state index contributed by atoms with van der Waals surface area (Å²) in [6, 6.07) is 0.253. The Morgan fingerprint density at radius 2 is 2.32 bits per heavy atom. The average Bonchev–Trinajstić information content (AvgIpc) is 2.91. The molecule has 3 atom stereocenters. The van der Waals surface area contributed by atoms with Crippen LogP contribution in [0.15, 0.2) is 0 Å². The molecular weight excluding hydrogens is 278 g/mol. The van der Waals surface area contributed by atoms with E-state index in [1.165, 1.54) is 12.8 Å². The molecule has 2 aliphatic heterocycles. The molecule has 0 saturated carbocycles. The SMILES string of the molecule is CCCC(C)N1CC(C(=O)NCCC2CCCNC2)CC1=O. The van der Waals surface area contributed by atoms with E-state index in [0.717, 1.165) is 38.9 Å². The quantitative estimate of drug-likeness (QED) is 0.750. The highest BCUT2D eigenvalue weighted by Gasteiger charge is 2.36. The Kier molecular flexibility index (Phi) is 6.68. The summed E-state index contributed by atoms with van der Waals surface area (Å²) in [5.41, 5.74) is 0. The molecule has 2 amide bonds. The lowest BCUT2D eigenvalue weighted by atomic mass is 9.96. The lowest BCUT2D eigenvalue weighted by Crippen LogP contribution is -2.38. The van der Waals surface area contributed by atoms with Gasteiger partial charge in [0.25, 0.3) is 0 Å². The molecule has 0 spiro atoms. The summed E-state index contributed by atoms with van der Waals surface area (Å²) in [7, 11) is 0. The number of rotatable bonds is 7. The van der Waals surface area contributed by atoms with E-state index in [-0.39, 0.29) is 23.8 Å². The third-order valence-electron chi connectivity index (χ3n) is 5.02. The highest BCUT2D eigenvalue weighted by atomic mass is 16.2. The second kappa shape index (κ2) is 8.51. The van der Waals surface area contributed by atoms with E-state index in [1.807, 2.05) is 4.90 Å². The van der Waals surface area contributed by atoms with Crippen LogP contribution < -0.4 is 10.6 Å². The molecule has 2 fully saturated rings. The highest BCUT2D eigenvalue weighted by Crippen LogP contribution is 2.22. The van der Waals surface area contributed by atoms with Gasteiger partial charge in [-0.25, -0.2) is 0 Å². The normalized spacial score (nSPS) is 27.0. The Labute approximate surface area is 134 Å². The minimum Gasteiger partial charge on any atom is -0.356 e. The fourth-order valence-electron chi connectivity index (χ4n) is 3.62. The molecule has 2 aliphatic rings. The van der Waals surface area contributed by atoms with E-state index in [4.69, 9.17) is 0 Å². The van der Waals surface area contributed by atoms with E-state index >= 15 is 0 Å². The molecular formula is C17H31N3O2. The van der Waals surface area contributed by atoms with Gasteiger partial charge in [-0.15, -0.1) is 0 Å². The van der Waals surface area contributed by atoms with Gasteiger partial charge in [-0.1, -0.05) is 13.3 Å². The van der Waals surface area contributed by atoms with Crippen molar-refractivity contribution in [2.24, 2.45) is 11.8 Å². The summed E-state index contributed by atoms with van der Waals surface area (Å²) < 4.78 is 0. The van der Waals surface area contributed by atoms with Gasteiger partial charge in [-0.3, -0.25) is 9.59 Å². The molecule has 0 aromatic heterocycles. The minimum absolute atomic E-state index is 0.0586. The minimum atomic E-state index is -0.156. The van der Waals surface area contributed by atoms with Gasteiger partial charge in [0.05, 0.1) is 5.92 Å². The van der Waals surface area contributed by atoms with Crippen molar-refractivity contribution in [1.82, 2.24) is 15.5 Å². The number of hydrogen-bond acceptors (Lipinski definition) is 3. The van der Waals surface area contributed by atoms with Crippen molar-refractivity contribution < 1.29 is 9.59 Å². The third kappa shape index (κ3) is 4.70. The zero-order valence-electron chi connectivity index (χ0n) is 14.1. The van der Waals surface area contributed by atoms with E-state index in [9.17, 15) is 9.59 Å². The molecule has 0 aromatic carbocycles. The van der Waals surface area contributed by atoms with Crippen LogP contribution in [-0.4, -0.2) is 48.9 Å². The summed E-state index contributed by atoms with van der Waals surface area (Å²) in [4.78, 5) is 26.2. The first-order valence-electron chi connectivity index (χ1n) is 8.89. The Balaban J connectivity index is 1.70. The molecule has 0 aliphatic carbocycles. The second-order valence-corrected chi connectivity index (χ2v) is 6.88. The first-order chi connectivity index (χ1) is 10.6. The van der Waals surface area contributed by atoms with Crippen molar-refractivity contribution in [2.75, 3.05) is 26.2 Å². The van der Waals surface area contributed by atoms with E-state index < -0.39 is 0 Å². The Morgan fingerprint density at radius 3 is 3.00 bits per heavy atom. The van der Waals surface area contributed by atoms with Crippen LogP contribution in [0.5, 0.6) is 0 Å². The van der Waals surface area contributed by atoms with Gasteiger partial charge >= 0.3 is 0 Å². The summed E-state index contributed by atoms with van der Waals surface area (Å²) in [6.45, 7) is 7.73. The van der Waals surface area contributed by atoms with Crippen LogP contribution in [0.4, 0.5) is 0 Å². The maximum atomic E-state index is 12.3. The summed E-state index contributed by atoms with van der Waals surface area (Å²) in [5.74, 6) is 0.720. The number of nitrogens with one attached hydrogen (secondary N) is 2. The fourth-order valence-corrected chi connectivity index (χ4v) is 3.62. The van der Waals surface area contributed by atoms with E-state index in [2.05, 4.69) is 24.5 Å². The van der Waals surface area contributed by atoms with Crippen LogP contribution in [0.2, 0.25) is 0 Å². The highest BCUT2D eigenvalue weighted by molar-refractivity contribution is 5.89. The number of amides is 2. The number of nitrogens with zero attached hydrogens (tertiary/aromatic N) is 1. The molecule has 3 unspecified atom stereocenters. The molecule has 5 heteroatoms. The number of carbonyl (C=O) groups is 2. The van der Waals surface area contributed by atoms with E-state index in [0.29, 0.717) is 18.9 Å². The summed E-state index contributed by atoms with van der Waals surface area (Å²) in [5, 5.41) is 6.44. The Bertz CT molecular complexity index is 380. The van der Waals surface area contributed by atoms with Gasteiger partial charge < -0.3 is 15.5 Å². The monoisotopic (exact) mass is 309 g/mol. The van der Waals surface area contributed by atoms with Crippen molar-refractivity contribution >= 4 is 11.8 Å². The smallest absolute Gasteiger partial charge is 0.225 e. The third-order valence-corrected chi connectivity index (χ3v) is 5.02. The molecule has 5 nitrogen and oxygen atoms in total. The van der Waals surface area contributed by atoms with Crippen LogP contribution in [0.1, 0.15) is 52.4 Å². The first kappa shape index (κ1) is 17.3. The largest absolute Gasteiger partial charge is 0.356 e. The fraction of sp³-hybridized carbons (Fsp3) is 0.882. The maximum Gasteiger partial charge on any atom is 0.225 e. The molecule has 2 rings (SSSR count). The van der Waals surface area contributed by atoms with Gasteiger partial charge in [0, 0.05) is 25.6 Å². The van der Waals surface area contributed by atoms with Crippen molar-refractivity contribution in [2.45, 2.75) is 58.4 Å². The molecule has 0 bridgehead atoms. The van der Waals surface area contributed by atoms with Crippen LogP contribution in [0, 0.1) is 11.8 Å². The lowest BCUT2D eigenvalue weighted by molar-refractivity contribution is -0.130. The molecule has 2 heterocycles. The maximum absolute atomic E-state index is 12.3. The summed E-state index contributed by atoms with van der Waals surface area (Å²) in [6.07, 6.45) is 5.99. The zero-order valence-corrected chi connectivity index (χ0v) is 14.1. The van der Waals surface area contributed by atoms with Gasteiger partial charge in [-0.05, 0) is 51.6 Å². The van der Waals surface area contributed by atoms with Gasteiger partial charge in [0.2, 0.25) is 11.8 Å². The van der Waals surface area contributed by atoms with E-state index in [1.54, 1.807) is 0 Å². The molecule has 2 N–H and O–H groups in total. The number of hydrogen-bond donors (Lipinski definition) is 2. The average molecular weight is 309 g/mol. The van der Waals surface area contributed by atoms with Gasteiger partial charge in [0.1, 0.15) is 0 Å². The second-order valence-electron chi connectivity index (χ2n) is 6.88. The van der Waals surface area contributed by atoms with Crippen molar-refractivity contribution in [3.63, 3.8) is 0 Å². The Morgan fingerprint density at radius 1 is 1.50 bits per heavy atom. The van der Waals surface area contributed by atoms with Gasteiger partial charge in [0.15, 0.2) is 0 Å². The molecule has 0 radical (unpaired) electrons. The van der Waals surface area contributed by atoms with Crippen LogP contribution in [0.25, 0.3) is 0 Å². The standard InChI is InChI=1S/C17H31N3O2/c1-3-5-13(2)20-12-15(10-16(20)21)17(22)19-9-7-14-6-4-8-18-11-14/h13-15,18H,3-12H2,1-2H3,(H,19,22). The number of likely N-dealkylation sites (tertiary alicyclic amines) is 1.